The van der Waals surface area contributed by atoms with Gasteiger partial charge >= 0.3 is 0 Å². The predicted molar refractivity (Wildman–Crippen MR) is 126 cm³/mol. The molecule has 190 valence electrons. The van der Waals surface area contributed by atoms with Crippen molar-refractivity contribution in [3.05, 3.63) is 51.6 Å². The van der Waals surface area contributed by atoms with E-state index in [0.29, 0.717) is 6.42 Å². The lowest BCUT2D eigenvalue weighted by atomic mass is 9.73. The molecule has 0 amide bonds. The van der Waals surface area contributed by atoms with Gasteiger partial charge in [0.25, 0.3) is 0 Å². The van der Waals surface area contributed by atoms with Crippen LogP contribution in [0.15, 0.2) is 18.2 Å². The molecule has 3 aliphatic rings. The Kier molecular flexibility index (Phi) is 6.32. The van der Waals surface area contributed by atoms with Crippen molar-refractivity contribution in [3.63, 3.8) is 0 Å². The van der Waals surface area contributed by atoms with E-state index in [-0.39, 0.29) is 58.1 Å². The van der Waals surface area contributed by atoms with Crippen molar-refractivity contribution in [1.29, 1.82) is 0 Å². The second-order valence-electron chi connectivity index (χ2n) is 9.57. The van der Waals surface area contributed by atoms with Crippen LogP contribution in [0.5, 0.6) is 17.2 Å². The number of fused-ring (bicyclic) bond motifs is 3. The highest BCUT2D eigenvalue weighted by Gasteiger charge is 2.44. The zero-order valence-electron chi connectivity index (χ0n) is 20.1. The van der Waals surface area contributed by atoms with E-state index in [2.05, 4.69) is 0 Å². The van der Waals surface area contributed by atoms with Crippen LogP contribution in [0.1, 0.15) is 81.7 Å². The zero-order chi connectivity index (χ0) is 25.7. The first kappa shape index (κ1) is 24.4. The number of aromatic hydroxyl groups is 2. The summed E-state index contributed by atoms with van der Waals surface area (Å²) in [5.74, 6) is -3.18. The zero-order valence-corrected chi connectivity index (χ0v) is 20.1. The highest BCUT2D eigenvalue weighted by molar-refractivity contribution is 6.31. The Morgan fingerprint density at radius 3 is 2.53 bits per heavy atom. The number of hydrogen-bond acceptors (Lipinski definition) is 9. The van der Waals surface area contributed by atoms with Gasteiger partial charge in [0.15, 0.2) is 17.9 Å². The molecule has 1 fully saturated rings. The molecule has 2 aromatic carbocycles. The van der Waals surface area contributed by atoms with Crippen LogP contribution >= 0.6 is 0 Å². The maximum absolute atomic E-state index is 13.6. The molecule has 9 heteroatoms. The van der Waals surface area contributed by atoms with Gasteiger partial charge in [0.1, 0.15) is 23.9 Å². The number of carbonyl (C=O) groups excluding carboxylic acids is 3. The number of hydrogen-bond donors (Lipinski definition) is 3. The second kappa shape index (κ2) is 9.31. The van der Waals surface area contributed by atoms with Crippen LogP contribution in [0.4, 0.5) is 0 Å². The van der Waals surface area contributed by atoms with Crippen molar-refractivity contribution in [3.8, 4) is 17.2 Å². The van der Waals surface area contributed by atoms with Gasteiger partial charge in [0.05, 0.1) is 36.0 Å². The van der Waals surface area contributed by atoms with Gasteiger partial charge in [0, 0.05) is 22.6 Å². The molecule has 9 nitrogen and oxygen atoms in total. The maximum atomic E-state index is 13.6. The summed E-state index contributed by atoms with van der Waals surface area (Å²) in [6, 6.07) is 4.57. The van der Waals surface area contributed by atoms with Gasteiger partial charge in [-0.25, -0.2) is 0 Å². The van der Waals surface area contributed by atoms with E-state index in [0.717, 1.165) is 12.8 Å². The molecule has 2 aliphatic carbocycles. The molecule has 1 aliphatic heterocycles. The van der Waals surface area contributed by atoms with E-state index < -0.39 is 53.8 Å². The van der Waals surface area contributed by atoms with Gasteiger partial charge in [-0.1, -0.05) is 12.1 Å². The quantitative estimate of drug-likeness (QED) is 0.455. The summed E-state index contributed by atoms with van der Waals surface area (Å²) in [7, 11) is 1.38. The largest absolute Gasteiger partial charge is 0.507 e. The first-order valence-electron chi connectivity index (χ1n) is 12.1. The van der Waals surface area contributed by atoms with Crippen molar-refractivity contribution in [1.82, 2.24) is 0 Å². The molecule has 0 bridgehead atoms. The van der Waals surface area contributed by atoms with Crippen molar-refractivity contribution in [2.24, 2.45) is 5.92 Å². The Hall–Kier alpha value is -3.27. The first-order valence-corrected chi connectivity index (χ1v) is 12.1. The second-order valence-corrected chi connectivity index (χ2v) is 9.57. The van der Waals surface area contributed by atoms with Crippen LogP contribution in [0.2, 0.25) is 0 Å². The first-order chi connectivity index (χ1) is 17.3. The Bertz CT molecular complexity index is 1260. The topological polar surface area (TPSA) is 140 Å². The summed E-state index contributed by atoms with van der Waals surface area (Å²) in [4.78, 5) is 39.5. The Morgan fingerprint density at radius 2 is 1.83 bits per heavy atom. The molecule has 2 unspecified atom stereocenters. The van der Waals surface area contributed by atoms with Crippen molar-refractivity contribution in [2.75, 3.05) is 13.7 Å². The highest BCUT2D eigenvalue weighted by Crippen LogP contribution is 2.51. The van der Waals surface area contributed by atoms with Gasteiger partial charge in [-0.2, -0.15) is 0 Å². The van der Waals surface area contributed by atoms with Crippen LogP contribution < -0.4 is 4.74 Å². The fourth-order valence-electron chi connectivity index (χ4n) is 5.63. The number of methoxy groups -OCH3 is 1. The molecule has 3 N–H and O–H groups in total. The van der Waals surface area contributed by atoms with Gasteiger partial charge in [-0.05, 0) is 45.1 Å². The molecule has 5 rings (SSSR count). The minimum Gasteiger partial charge on any atom is -0.507 e. The van der Waals surface area contributed by atoms with Crippen LogP contribution in [0.25, 0.3) is 0 Å². The highest BCUT2D eigenvalue weighted by atomic mass is 16.7. The van der Waals surface area contributed by atoms with Gasteiger partial charge in [-0.3, -0.25) is 14.4 Å². The molecule has 0 radical (unpaired) electrons. The summed E-state index contributed by atoms with van der Waals surface area (Å²) in [6.07, 6.45) is 0.918. The van der Waals surface area contributed by atoms with E-state index in [1.54, 1.807) is 12.1 Å². The molecule has 4 atom stereocenters. The Balaban J connectivity index is 1.68. The van der Waals surface area contributed by atoms with Crippen molar-refractivity contribution in [2.45, 2.75) is 57.5 Å². The van der Waals surface area contributed by atoms with Gasteiger partial charge < -0.3 is 29.5 Å². The third-order valence-electron chi connectivity index (χ3n) is 7.39. The lowest BCUT2D eigenvalue weighted by Gasteiger charge is -2.37. The molecule has 0 aromatic heterocycles. The number of phenols is 2. The van der Waals surface area contributed by atoms with E-state index in [4.69, 9.17) is 14.2 Å². The van der Waals surface area contributed by atoms with Crippen LogP contribution in [0.3, 0.4) is 0 Å². The number of ketones is 3. The standard InChI is InChI=1S/C27H28O9/c1-12-5-3-8-19(35-12)36-18-10-13(16(29)11-28)9-15-21(18)27(33)23-22(25(15)31)24(30)14-6-4-7-17(34-2)20(14)26(23)32/h4,6-7,12-13,18-19,28,31,33H,3,5,8-11H2,1-2H3/t12-,13?,18-,19?/m0/s1. The molecule has 1 saturated heterocycles. The molecular weight excluding hydrogens is 468 g/mol. The number of ether oxygens (including phenoxy) is 3. The number of aliphatic hydroxyl groups is 1. The fourth-order valence-corrected chi connectivity index (χ4v) is 5.63. The third kappa shape index (κ3) is 3.78. The molecule has 2 aromatic rings. The van der Waals surface area contributed by atoms with Crippen LogP contribution in [-0.4, -0.2) is 58.8 Å². The maximum Gasteiger partial charge on any atom is 0.202 e. The SMILES string of the molecule is COc1cccc2c1C(=O)c1c(O)c3c(c(O)c1C2=O)CC(C(=O)CO)C[C@@H]3OC1CCC[C@H](C)O1. The van der Waals surface area contributed by atoms with Crippen LogP contribution in [0, 0.1) is 5.92 Å². The monoisotopic (exact) mass is 496 g/mol. The average molecular weight is 497 g/mol. The van der Waals surface area contributed by atoms with Crippen molar-refractivity contribution < 1.29 is 43.9 Å². The number of Topliss-reactive ketones (excluding diaryl/α,β-unsaturated/α-hetero) is 1. The Labute approximate surface area is 207 Å². The van der Waals surface area contributed by atoms with E-state index >= 15 is 0 Å². The predicted octanol–water partition coefficient (Wildman–Crippen LogP) is 2.98. The minimum absolute atomic E-state index is 0.0122. The van der Waals surface area contributed by atoms with Gasteiger partial charge in [0.2, 0.25) is 5.78 Å². The number of benzene rings is 2. The number of rotatable bonds is 5. The number of phenolic OH excluding ortho intramolecular Hbond substituents is 2. The van der Waals surface area contributed by atoms with Gasteiger partial charge in [-0.15, -0.1) is 0 Å². The van der Waals surface area contributed by atoms with Crippen molar-refractivity contribution >= 4 is 17.3 Å². The van der Waals surface area contributed by atoms with E-state index in [1.165, 1.54) is 13.2 Å². The lowest BCUT2D eigenvalue weighted by Crippen LogP contribution is -2.34. The molecule has 1 heterocycles. The van der Waals surface area contributed by atoms with Crippen LogP contribution in [-0.2, 0) is 20.7 Å². The minimum atomic E-state index is -0.900. The molecule has 0 saturated carbocycles. The summed E-state index contributed by atoms with van der Waals surface area (Å²) in [5, 5.41) is 32.2. The summed E-state index contributed by atoms with van der Waals surface area (Å²) < 4.78 is 17.4. The smallest absolute Gasteiger partial charge is 0.202 e. The lowest BCUT2D eigenvalue weighted by molar-refractivity contribution is -0.216. The molecule has 0 spiro atoms. The fraction of sp³-hybridized carbons (Fsp3) is 0.444. The molecule has 36 heavy (non-hydrogen) atoms. The van der Waals surface area contributed by atoms with E-state index in [9.17, 15) is 29.7 Å². The molecular formula is C27H28O9. The average Bonchev–Trinajstić information content (AvgIpc) is 2.87. The number of aliphatic hydroxyl groups excluding tert-OH is 1. The number of carbonyl (C=O) groups is 3. The van der Waals surface area contributed by atoms with E-state index in [1.807, 2.05) is 6.92 Å². The third-order valence-corrected chi connectivity index (χ3v) is 7.39. The summed E-state index contributed by atoms with van der Waals surface area (Å²) >= 11 is 0. The summed E-state index contributed by atoms with van der Waals surface area (Å²) in [6.45, 7) is 1.24. The Morgan fingerprint density at radius 1 is 1.08 bits per heavy atom. The summed E-state index contributed by atoms with van der Waals surface area (Å²) in [5.41, 5.74) is -0.238. The normalized spacial score (nSPS) is 25.1.